The lowest BCUT2D eigenvalue weighted by molar-refractivity contribution is -0.385. The highest BCUT2D eigenvalue weighted by molar-refractivity contribution is 7.89. The van der Waals surface area contributed by atoms with Crippen LogP contribution in [0.2, 0.25) is 0 Å². The van der Waals surface area contributed by atoms with Gasteiger partial charge in [-0.1, -0.05) is 12.1 Å². The maximum Gasteiger partial charge on any atom is 0.270 e. The van der Waals surface area contributed by atoms with Crippen LogP contribution in [0.5, 0.6) is 5.88 Å². The number of sulfonamides is 1. The molecule has 1 saturated heterocycles. The number of nitro groups is 1. The summed E-state index contributed by atoms with van der Waals surface area (Å²) in [7, 11) is -3.79. The molecule has 0 saturated carbocycles. The van der Waals surface area contributed by atoms with Crippen LogP contribution in [0, 0.1) is 24.0 Å². The first kappa shape index (κ1) is 17.3. The molecule has 0 bridgehead atoms. The van der Waals surface area contributed by atoms with Crippen molar-refractivity contribution in [1.29, 1.82) is 0 Å². The Morgan fingerprint density at radius 3 is 2.60 bits per heavy atom. The van der Waals surface area contributed by atoms with Crippen LogP contribution >= 0.6 is 0 Å². The summed E-state index contributed by atoms with van der Waals surface area (Å²) in [6.07, 6.45) is -0.289. The molecule has 132 valence electrons. The normalized spacial score (nSPS) is 15.6. The van der Waals surface area contributed by atoms with E-state index in [0.717, 1.165) is 11.8 Å². The third-order valence-electron chi connectivity index (χ3n) is 3.97. The van der Waals surface area contributed by atoms with E-state index in [4.69, 9.17) is 4.74 Å². The van der Waals surface area contributed by atoms with Crippen LogP contribution in [0.25, 0.3) is 0 Å². The second-order valence-electron chi connectivity index (χ2n) is 5.89. The molecule has 9 heteroatoms. The number of aromatic nitrogens is 1. The Kier molecular flexibility index (Phi) is 4.44. The second kappa shape index (κ2) is 6.41. The molecule has 2 heterocycles. The van der Waals surface area contributed by atoms with E-state index in [1.807, 2.05) is 19.1 Å². The van der Waals surface area contributed by atoms with Gasteiger partial charge in [0, 0.05) is 23.9 Å². The molecule has 1 aliphatic heterocycles. The molecule has 0 amide bonds. The van der Waals surface area contributed by atoms with Crippen LogP contribution in [-0.2, 0) is 10.0 Å². The van der Waals surface area contributed by atoms with Crippen LogP contribution < -0.4 is 4.74 Å². The Morgan fingerprint density at radius 2 is 1.96 bits per heavy atom. The van der Waals surface area contributed by atoms with Gasteiger partial charge < -0.3 is 4.74 Å². The third kappa shape index (κ3) is 3.47. The first-order chi connectivity index (χ1) is 11.8. The number of non-ortho nitro benzene ring substituents is 1. The van der Waals surface area contributed by atoms with Crippen LogP contribution in [0.3, 0.4) is 0 Å². The predicted octanol–water partition coefficient (Wildman–Crippen LogP) is 2.06. The summed E-state index contributed by atoms with van der Waals surface area (Å²) in [5, 5.41) is 10.9. The Morgan fingerprint density at radius 1 is 1.24 bits per heavy atom. The molecule has 25 heavy (non-hydrogen) atoms. The molecule has 0 radical (unpaired) electrons. The monoisotopic (exact) mass is 363 g/mol. The summed E-state index contributed by atoms with van der Waals surface area (Å²) in [6.45, 7) is 3.82. The molecular formula is C16H17N3O5S. The van der Waals surface area contributed by atoms with Crippen molar-refractivity contribution in [2.24, 2.45) is 0 Å². The highest BCUT2D eigenvalue weighted by atomic mass is 32.2. The molecule has 2 aromatic rings. The largest absolute Gasteiger partial charge is 0.472 e. The Bertz CT molecular complexity index is 923. The summed E-state index contributed by atoms with van der Waals surface area (Å²) < 4.78 is 32.3. The Hall–Kier alpha value is -2.52. The fraction of sp³-hybridized carbons (Fsp3) is 0.312. The minimum atomic E-state index is -3.79. The van der Waals surface area contributed by atoms with Crippen LogP contribution in [0.4, 0.5) is 5.69 Å². The van der Waals surface area contributed by atoms with Crippen molar-refractivity contribution in [3.05, 3.63) is 57.8 Å². The molecule has 0 aliphatic carbocycles. The number of benzene rings is 1. The minimum absolute atomic E-state index is 0.0474. The van der Waals surface area contributed by atoms with Crippen molar-refractivity contribution in [3.63, 3.8) is 0 Å². The van der Waals surface area contributed by atoms with Crippen molar-refractivity contribution >= 4 is 15.7 Å². The number of hydrogen-bond donors (Lipinski definition) is 0. The summed E-state index contributed by atoms with van der Waals surface area (Å²) in [4.78, 5) is 14.5. The molecule has 0 atom stereocenters. The van der Waals surface area contributed by atoms with Gasteiger partial charge in [-0.25, -0.2) is 13.4 Å². The third-order valence-corrected chi connectivity index (χ3v) is 5.94. The summed E-state index contributed by atoms with van der Waals surface area (Å²) in [5.74, 6) is 0.452. The van der Waals surface area contributed by atoms with Gasteiger partial charge >= 0.3 is 0 Å². The summed E-state index contributed by atoms with van der Waals surface area (Å²) in [6, 6.07) is 9.21. The Balaban J connectivity index is 1.73. The van der Waals surface area contributed by atoms with Crippen molar-refractivity contribution in [3.8, 4) is 5.88 Å². The fourth-order valence-corrected chi connectivity index (χ4v) is 4.29. The van der Waals surface area contributed by atoms with E-state index < -0.39 is 14.9 Å². The second-order valence-corrected chi connectivity index (χ2v) is 7.79. The first-order valence-corrected chi connectivity index (χ1v) is 9.07. The highest BCUT2D eigenvalue weighted by Crippen LogP contribution is 2.28. The van der Waals surface area contributed by atoms with E-state index in [1.54, 1.807) is 13.0 Å². The maximum atomic E-state index is 12.7. The number of hydrogen-bond acceptors (Lipinski definition) is 6. The molecule has 1 aromatic heterocycles. The van der Waals surface area contributed by atoms with Crippen LogP contribution in [-0.4, -0.2) is 41.8 Å². The van der Waals surface area contributed by atoms with E-state index in [9.17, 15) is 18.5 Å². The SMILES string of the molecule is Cc1cccc(OC2CN(S(=O)(=O)c3cc([N+](=O)[O-])ccc3C)C2)n1. The lowest BCUT2D eigenvalue weighted by atomic mass is 10.2. The van der Waals surface area contributed by atoms with Gasteiger partial charge in [0.25, 0.3) is 5.69 Å². The Labute approximate surface area is 145 Å². The van der Waals surface area contributed by atoms with Crippen molar-refractivity contribution in [2.45, 2.75) is 24.8 Å². The van der Waals surface area contributed by atoms with Gasteiger partial charge in [-0.2, -0.15) is 4.31 Å². The number of pyridine rings is 1. The number of rotatable bonds is 5. The summed E-state index contributed by atoms with van der Waals surface area (Å²) in [5.41, 5.74) is 1.03. The number of nitro benzene ring substituents is 1. The van der Waals surface area contributed by atoms with E-state index >= 15 is 0 Å². The van der Waals surface area contributed by atoms with Gasteiger partial charge in [-0.15, -0.1) is 0 Å². The predicted molar refractivity (Wildman–Crippen MR) is 90.0 cm³/mol. The molecule has 3 rings (SSSR count). The molecule has 1 aromatic carbocycles. The average Bonchev–Trinajstić information content (AvgIpc) is 2.50. The van der Waals surface area contributed by atoms with Gasteiger partial charge in [-0.05, 0) is 25.5 Å². The minimum Gasteiger partial charge on any atom is -0.472 e. The zero-order chi connectivity index (χ0) is 18.2. The molecular weight excluding hydrogens is 346 g/mol. The topological polar surface area (TPSA) is 103 Å². The van der Waals surface area contributed by atoms with E-state index in [2.05, 4.69) is 4.98 Å². The van der Waals surface area contributed by atoms with Gasteiger partial charge in [0.05, 0.1) is 22.9 Å². The lowest BCUT2D eigenvalue weighted by Crippen LogP contribution is -2.56. The van der Waals surface area contributed by atoms with Gasteiger partial charge in [0.15, 0.2) is 0 Å². The van der Waals surface area contributed by atoms with E-state index in [1.165, 1.54) is 16.4 Å². The van der Waals surface area contributed by atoms with Gasteiger partial charge in [-0.3, -0.25) is 10.1 Å². The van der Waals surface area contributed by atoms with E-state index in [0.29, 0.717) is 11.4 Å². The molecule has 8 nitrogen and oxygen atoms in total. The number of ether oxygens (including phenoxy) is 1. The molecule has 0 unspecified atom stereocenters. The molecule has 1 aliphatic rings. The first-order valence-electron chi connectivity index (χ1n) is 7.63. The summed E-state index contributed by atoms with van der Waals surface area (Å²) >= 11 is 0. The fourth-order valence-electron chi connectivity index (χ4n) is 2.55. The average molecular weight is 363 g/mol. The van der Waals surface area contributed by atoms with Gasteiger partial charge in [0.1, 0.15) is 6.10 Å². The van der Waals surface area contributed by atoms with E-state index in [-0.39, 0.29) is 29.8 Å². The molecule has 0 N–H and O–H groups in total. The standard InChI is InChI=1S/C16H17N3O5S/c1-11-6-7-13(19(20)21)8-15(11)25(22,23)18-9-14(10-18)24-16-5-3-4-12(2)17-16/h3-8,14H,9-10H2,1-2H3. The maximum absolute atomic E-state index is 12.7. The highest BCUT2D eigenvalue weighted by Gasteiger charge is 2.39. The van der Waals surface area contributed by atoms with Crippen LogP contribution in [0.1, 0.15) is 11.3 Å². The number of aryl methyl sites for hydroxylation is 2. The number of nitrogens with zero attached hydrogens (tertiary/aromatic N) is 3. The zero-order valence-corrected chi connectivity index (χ0v) is 14.6. The van der Waals surface area contributed by atoms with Gasteiger partial charge in [0.2, 0.25) is 15.9 Å². The smallest absolute Gasteiger partial charge is 0.270 e. The van der Waals surface area contributed by atoms with Crippen molar-refractivity contribution in [1.82, 2.24) is 9.29 Å². The van der Waals surface area contributed by atoms with Crippen molar-refractivity contribution < 1.29 is 18.1 Å². The zero-order valence-electron chi connectivity index (χ0n) is 13.7. The lowest BCUT2D eigenvalue weighted by Gasteiger charge is -2.37. The van der Waals surface area contributed by atoms with Crippen LogP contribution in [0.15, 0.2) is 41.3 Å². The van der Waals surface area contributed by atoms with Crippen molar-refractivity contribution in [2.75, 3.05) is 13.1 Å². The molecule has 1 fully saturated rings. The molecule has 0 spiro atoms. The quantitative estimate of drug-likeness (QED) is 0.595.